The summed E-state index contributed by atoms with van der Waals surface area (Å²) in [4.78, 5) is 17.0. The van der Waals surface area contributed by atoms with Crippen LogP contribution in [0, 0.1) is 5.92 Å². The van der Waals surface area contributed by atoms with Crippen molar-refractivity contribution >= 4 is 17.8 Å². The van der Waals surface area contributed by atoms with Crippen LogP contribution in [0.4, 0.5) is 17.8 Å². The number of hydrazine groups is 1. The molecule has 1 aromatic heterocycles. The molecule has 1 aliphatic carbocycles. The Balaban J connectivity index is 2.25. The lowest BCUT2D eigenvalue weighted by atomic mass is 10.4. The average molecular weight is 251 g/mol. The summed E-state index contributed by atoms with van der Waals surface area (Å²) in [5, 5.41) is 0. The first-order valence-electron chi connectivity index (χ1n) is 6.29. The van der Waals surface area contributed by atoms with E-state index in [9.17, 15) is 0 Å². The van der Waals surface area contributed by atoms with Crippen molar-refractivity contribution in [2.45, 2.75) is 19.8 Å². The Morgan fingerprint density at radius 1 is 1.22 bits per heavy atom. The largest absolute Gasteiger partial charge is 0.347 e. The van der Waals surface area contributed by atoms with Crippen LogP contribution < -0.4 is 21.1 Å². The Morgan fingerprint density at radius 2 is 1.89 bits per heavy atom. The van der Waals surface area contributed by atoms with Gasteiger partial charge in [0.15, 0.2) is 0 Å². The predicted octanol–water partition coefficient (Wildman–Crippen LogP) is 0.460. The molecule has 1 saturated carbocycles. The van der Waals surface area contributed by atoms with Crippen LogP contribution in [-0.2, 0) is 0 Å². The molecule has 0 spiro atoms. The van der Waals surface area contributed by atoms with Gasteiger partial charge in [-0.05, 0) is 25.7 Å². The van der Waals surface area contributed by atoms with Gasteiger partial charge in [-0.15, -0.1) is 0 Å². The van der Waals surface area contributed by atoms with Gasteiger partial charge in [-0.1, -0.05) is 0 Å². The molecule has 2 rings (SSSR count). The minimum Gasteiger partial charge on any atom is -0.347 e. The van der Waals surface area contributed by atoms with E-state index in [1.807, 2.05) is 19.0 Å². The van der Waals surface area contributed by atoms with Gasteiger partial charge in [0, 0.05) is 27.2 Å². The van der Waals surface area contributed by atoms with Crippen molar-refractivity contribution in [3.05, 3.63) is 0 Å². The maximum absolute atomic E-state index is 5.40. The van der Waals surface area contributed by atoms with E-state index in [1.54, 1.807) is 0 Å². The number of nitrogens with two attached hydrogens (primary N) is 1. The summed E-state index contributed by atoms with van der Waals surface area (Å²) in [6, 6.07) is 0. The minimum atomic E-state index is 0.401. The number of hydrogen-bond acceptors (Lipinski definition) is 7. The molecule has 0 atom stereocenters. The second-order valence-corrected chi connectivity index (χ2v) is 4.78. The molecule has 3 N–H and O–H groups in total. The number of anilines is 3. The Labute approximate surface area is 107 Å². The highest BCUT2D eigenvalue weighted by atomic mass is 15.4. The van der Waals surface area contributed by atoms with Crippen LogP contribution in [0.25, 0.3) is 0 Å². The standard InChI is InChI=1S/C11H21N7/c1-4-18(7-8-5-6-8)11-14-9(16-12)13-10(15-11)17(2)3/h8H,4-7,12H2,1-3H3,(H,13,14,15,16). The molecule has 7 heteroatoms. The lowest BCUT2D eigenvalue weighted by Crippen LogP contribution is -2.29. The molecule has 0 aromatic carbocycles. The minimum absolute atomic E-state index is 0.401. The van der Waals surface area contributed by atoms with Crippen LogP contribution in [0.1, 0.15) is 19.8 Å². The number of nitrogen functional groups attached to an aromatic ring is 1. The molecule has 1 aliphatic rings. The zero-order chi connectivity index (χ0) is 13.1. The molecule has 1 aromatic rings. The third kappa shape index (κ3) is 2.98. The van der Waals surface area contributed by atoms with Crippen LogP contribution >= 0.6 is 0 Å². The normalized spacial score (nSPS) is 14.4. The van der Waals surface area contributed by atoms with E-state index >= 15 is 0 Å². The van der Waals surface area contributed by atoms with Crippen molar-refractivity contribution in [3.63, 3.8) is 0 Å². The third-order valence-electron chi connectivity index (χ3n) is 2.98. The fourth-order valence-corrected chi connectivity index (χ4v) is 1.72. The summed E-state index contributed by atoms with van der Waals surface area (Å²) >= 11 is 0. The van der Waals surface area contributed by atoms with Crippen molar-refractivity contribution < 1.29 is 0 Å². The number of nitrogens with zero attached hydrogens (tertiary/aromatic N) is 5. The Bertz CT molecular complexity index is 402. The average Bonchev–Trinajstić information content (AvgIpc) is 3.19. The van der Waals surface area contributed by atoms with Crippen LogP contribution in [0.2, 0.25) is 0 Å². The van der Waals surface area contributed by atoms with Crippen LogP contribution in [0.5, 0.6) is 0 Å². The number of hydrogen-bond donors (Lipinski definition) is 2. The third-order valence-corrected chi connectivity index (χ3v) is 2.98. The molecule has 100 valence electrons. The zero-order valence-corrected chi connectivity index (χ0v) is 11.2. The van der Waals surface area contributed by atoms with E-state index in [-0.39, 0.29) is 0 Å². The maximum atomic E-state index is 5.40. The van der Waals surface area contributed by atoms with Gasteiger partial charge < -0.3 is 9.80 Å². The fraction of sp³-hybridized carbons (Fsp3) is 0.727. The van der Waals surface area contributed by atoms with Gasteiger partial charge in [-0.3, -0.25) is 5.43 Å². The summed E-state index contributed by atoms with van der Waals surface area (Å²) in [5.74, 6) is 7.90. The number of rotatable bonds is 6. The summed E-state index contributed by atoms with van der Waals surface area (Å²) in [7, 11) is 3.80. The van der Waals surface area contributed by atoms with Crippen LogP contribution in [0.3, 0.4) is 0 Å². The van der Waals surface area contributed by atoms with Crippen molar-refractivity contribution in [2.24, 2.45) is 11.8 Å². The highest BCUT2D eigenvalue weighted by Gasteiger charge is 2.25. The van der Waals surface area contributed by atoms with E-state index in [0.29, 0.717) is 17.8 Å². The molecule has 0 aliphatic heterocycles. The lowest BCUT2D eigenvalue weighted by molar-refractivity contribution is 0.715. The molecule has 7 nitrogen and oxygen atoms in total. The number of nitrogens with one attached hydrogen (secondary N) is 1. The van der Waals surface area contributed by atoms with Gasteiger partial charge in [0.1, 0.15) is 0 Å². The zero-order valence-electron chi connectivity index (χ0n) is 11.2. The molecule has 0 unspecified atom stereocenters. The van der Waals surface area contributed by atoms with Gasteiger partial charge >= 0.3 is 0 Å². The molecule has 0 bridgehead atoms. The van der Waals surface area contributed by atoms with Gasteiger partial charge in [0.2, 0.25) is 17.8 Å². The van der Waals surface area contributed by atoms with Crippen LogP contribution in [0.15, 0.2) is 0 Å². The number of aromatic nitrogens is 3. The predicted molar refractivity (Wildman–Crippen MR) is 72.6 cm³/mol. The smallest absolute Gasteiger partial charge is 0.243 e. The van der Waals surface area contributed by atoms with Gasteiger partial charge in [-0.2, -0.15) is 15.0 Å². The van der Waals surface area contributed by atoms with Gasteiger partial charge in [-0.25, -0.2) is 5.84 Å². The second kappa shape index (κ2) is 5.34. The van der Waals surface area contributed by atoms with Crippen molar-refractivity contribution in [2.75, 3.05) is 42.4 Å². The first kappa shape index (κ1) is 12.8. The Kier molecular flexibility index (Phi) is 3.81. The maximum Gasteiger partial charge on any atom is 0.243 e. The van der Waals surface area contributed by atoms with E-state index in [4.69, 9.17) is 5.84 Å². The summed E-state index contributed by atoms with van der Waals surface area (Å²) < 4.78 is 0. The van der Waals surface area contributed by atoms with Crippen molar-refractivity contribution in [1.82, 2.24) is 15.0 Å². The molecule has 0 radical (unpaired) electrons. The summed E-state index contributed by atoms with van der Waals surface area (Å²) in [5.41, 5.74) is 2.49. The van der Waals surface area contributed by atoms with Gasteiger partial charge in [0.25, 0.3) is 0 Å². The highest BCUT2D eigenvalue weighted by Crippen LogP contribution is 2.30. The second-order valence-electron chi connectivity index (χ2n) is 4.78. The molecular weight excluding hydrogens is 230 g/mol. The monoisotopic (exact) mass is 251 g/mol. The molecule has 18 heavy (non-hydrogen) atoms. The Morgan fingerprint density at radius 3 is 2.39 bits per heavy atom. The van der Waals surface area contributed by atoms with E-state index in [2.05, 4.69) is 32.2 Å². The first-order chi connectivity index (χ1) is 8.63. The fourth-order valence-electron chi connectivity index (χ4n) is 1.72. The molecule has 0 saturated heterocycles. The van der Waals surface area contributed by atoms with Crippen molar-refractivity contribution in [3.8, 4) is 0 Å². The topological polar surface area (TPSA) is 83.2 Å². The van der Waals surface area contributed by atoms with Gasteiger partial charge in [0.05, 0.1) is 0 Å². The molecule has 1 heterocycles. The summed E-state index contributed by atoms with van der Waals surface area (Å²) in [6.07, 6.45) is 2.62. The Hall–Kier alpha value is -1.63. The van der Waals surface area contributed by atoms with E-state index < -0.39 is 0 Å². The van der Waals surface area contributed by atoms with Crippen LogP contribution in [-0.4, -0.2) is 42.1 Å². The van der Waals surface area contributed by atoms with E-state index in [1.165, 1.54) is 12.8 Å². The van der Waals surface area contributed by atoms with Crippen molar-refractivity contribution in [1.29, 1.82) is 0 Å². The van der Waals surface area contributed by atoms with E-state index in [0.717, 1.165) is 19.0 Å². The lowest BCUT2D eigenvalue weighted by Gasteiger charge is -2.22. The summed E-state index contributed by atoms with van der Waals surface area (Å²) in [6.45, 7) is 4.01. The quantitative estimate of drug-likeness (QED) is 0.561. The highest BCUT2D eigenvalue weighted by molar-refractivity contribution is 5.44. The molecular formula is C11H21N7. The first-order valence-corrected chi connectivity index (χ1v) is 6.29. The SMILES string of the molecule is CCN(CC1CC1)c1nc(NN)nc(N(C)C)n1. The molecule has 0 amide bonds. The molecule has 1 fully saturated rings.